The van der Waals surface area contributed by atoms with E-state index in [1.54, 1.807) is 18.2 Å². The van der Waals surface area contributed by atoms with Crippen LogP contribution >= 0.6 is 11.6 Å². The lowest BCUT2D eigenvalue weighted by Gasteiger charge is -2.39. The second kappa shape index (κ2) is 9.57. The van der Waals surface area contributed by atoms with Gasteiger partial charge >= 0.3 is 0 Å². The van der Waals surface area contributed by atoms with Gasteiger partial charge in [-0.15, -0.1) is 10.2 Å². The van der Waals surface area contributed by atoms with Crippen molar-refractivity contribution in [2.45, 2.75) is 19.9 Å². The third-order valence-electron chi connectivity index (χ3n) is 6.35. The zero-order valence-corrected chi connectivity index (χ0v) is 20.0. The van der Waals surface area contributed by atoms with Crippen LogP contribution in [-0.4, -0.2) is 41.3 Å². The molecule has 5 rings (SSSR count). The molecule has 0 N–H and O–H groups in total. The molecule has 1 saturated heterocycles. The normalized spacial score (nSPS) is 15.5. The summed E-state index contributed by atoms with van der Waals surface area (Å²) in [6.45, 7) is 7.62. The second-order valence-corrected chi connectivity index (χ2v) is 9.10. The van der Waals surface area contributed by atoms with Crippen molar-refractivity contribution in [3.63, 3.8) is 0 Å². The van der Waals surface area contributed by atoms with Crippen LogP contribution in [0.3, 0.4) is 0 Å². The molecule has 0 amide bonds. The fraction of sp³-hybridized carbons (Fsp3) is 0.259. The molecule has 3 aromatic carbocycles. The molecule has 0 bridgehead atoms. The van der Waals surface area contributed by atoms with Gasteiger partial charge in [0.05, 0.1) is 10.6 Å². The van der Waals surface area contributed by atoms with Crippen molar-refractivity contribution in [1.82, 2.24) is 15.1 Å². The van der Waals surface area contributed by atoms with E-state index in [4.69, 9.17) is 16.0 Å². The van der Waals surface area contributed by atoms with Crippen LogP contribution in [0.5, 0.6) is 0 Å². The van der Waals surface area contributed by atoms with E-state index in [2.05, 4.69) is 52.0 Å². The standard InChI is InChI=1S/C27H26ClFN4O/c1-18-7-8-19(2)24(17-18)32-13-15-33(16-14-32)25(20-9-11-21(29)12-10-20)27-31-30-26(34-27)22-5-3-4-6-23(22)28/h3-12,17,25H,13-16H2,1-2H3. The molecule has 4 aromatic rings. The number of anilines is 1. The van der Waals surface area contributed by atoms with Gasteiger partial charge in [0.25, 0.3) is 0 Å². The van der Waals surface area contributed by atoms with E-state index in [0.717, 1.165) is 31.7 Å². The molecular formula is C27H26ClFN4O. The highest BCUT2D eigenvalue weighted by Gasteiger charge is 2.31. The van der Waals surface area contributed by atoms with Crippen LogP contribution in [0.1, 0.15) is 28.6 Å². The topological polar surface area (TPSA) is 45.4 Å². The molecule has 0 radical (unpaired) electrons. The van der Waals surface area contributed by atoms with E-state index in [-0.39, 0.29) is 11.9 Å². The van der Waals surface area contributed by atoms with Crippen LogP contribution in [0.25, 0.3) is 11.5 Å². The first-order valence-corrected chi connectivity index (χ1v) is 11.8. The third-order valence-corrected chi connectivity index (χ3v) is 6.68. The van der Waals surface area contributed by atoms with Crippen molar-refractivity contribution in [2.24, 2.45) is 0 Å². The highest BCUT2D eigenvalue weighted by atomic mass is 35.5. The SMILES string of the molecule is Cc1ccc(C)c(N2CCN(C(c3ccc(F)cc3)c3nnc(-c4ccccc4Cl)o3)CC2)c1. The number of halogens is 2. The molecule has 174 valence electrons. The summed E-state index contributed by atoms with van der Waals surface area (Å²) in [7, 11) is 0. The van der Waals surface area contributed by atoms with Gasteiger partial charge in [0.15, 0.2) is 0 Å². The lowest BCUT2D eigenvalue weighted by Crippen LogP contribution is -2.48. The zero-order valence-electron chi connectivity index (χ0n) is 19.2. The Balaban J connectivity index is 1.43. The molecule has 7 heteroatoms. The van der Waals surface area contributed by atoms with Gasteiger partial charge in [-0.3, -0.25) is 4.90 Å². The Morgan fingerprint density at radius 1 is 0.912 bits per heavy atom. The predicted molar refractivity (Wildman–Crippen MR) is 133 cm³/mol. The van der Waals surface area contributed by atoms with E-state index in [9.17, 15) is 4.39 Å². The van der Waals surface area contributed by atoms with Gasteiger partial charge < -0.3 is 9.32 Å². The zero-order chi connectivity index (χ0) is 23.7. The van der Waals surface area contributed by atoms with Crippen LogP contribution in [0.15, 0.2) is 71.1 Å². The van der Waals surface area contributed by atoms with E-state index < -0.39 is 0 Å². The Morgan fingerprint density at radius 3 is 2.38 bits per heavy atom. The van der Waals surface area contributed by atoms with E-state index in [1.807, 2.05) is 18.2 Å². The van der Waals surface area contributed by atoms with Crippen molar-refractivity contribution in [2.75, 3.05) is 31.1 Å². The van der Waals surface area contributed by atoms with Gasteiger partial charge in [0.1, 0.15) is 11.9 Å². The average Bonchev–Trinajstić information content (AvgIpc) is 3.32. The van der Waals surface area contributed by atoms with Gasteiger partial charge in [-0.05, 0) is 60.9 Å². The summed E-state index contributed by atoms with van der Waals surface area (Å²) in [5.41, 5.74) is 5.41. The number of hydrogen-bond donors (Lipinski definition) is 0. The predicted octanol–water partition coefficient (Wildman–Crippen LogP) is 6.06. The van der Waals surface area contributed by atoms with Gasteiger partial charge in [-0.2, -0.15) is 0 Å². The minimum atomic E-state index is -0.274. The van der Waals surface area contributed by atoms with E-state index in [1.165, 1.54) is 28.9 Å². The van der Waals surface area contributed by atoms with Crippen LogP contribution < -0.4 is 4.90 Å². The highest BCUT2D eigenvalue weighted by Crippen LogP contribution is 2.33. The first-order chi connectivity index (χ1) is 16.5. The first kappa shape index (κ1) is 22.6. The number of piperazine rings is 1. The van der Waals surface area contributed by atoms with Gasteiger partial charge in [-0.1, -0.05) is 48.0 Å². The molecule has 1 atom stereocenters. The maximum Gasteiger partial charge on any atom is 0.249 e. The molecule has 1 aliphatic heterocycles. The first-order valence-electron chi connectivity index (χ1n) is 11.4. The Labute approximate surface area is 203 Å². The Hall–Kier alpha value is -3.22. The lowest BCUT2D eigenvalue weighted by atomic mass is 10.0. The molecule has 0 aliphatic carbocycles. The maximum atomic E-state index is 13.7. The largest absolute Gasteiger partial charge is 0.419 e. The second-order valence-electron chi connectivity index (χ2n) is 8.69. The molecule has 1 unspecified atom stereocenters. The van der Waals surface area contributed by atoms with Crippen LogP contribution in [0.4, 0.5) is 10.1 Å². The molecule has 0 spiro atoms. The lowest BCUT2D eigenvalue weighted by molar-refractivity contribution is 0.188. The van der Waals surface area contributed by atoms with Crippen molar-refractivity contribution in [3.8, 4) is 11.5 Å². The molecule has 34 heavy (non-hydrogen) atoms. The molecule has 5 nitrogen and oxygen atoms in total. The third kappa shape index (κ3) is 4.56. The molecule has 1 aromatic heterocycles. The maximum absolute atomic E-state index is 13.7. The van der Waals surface area contributed by atoms with E-state index in [0.29, 0.717) is 22.4 Å². The van der Waals surface area contributed by atoms with Gasteiger partial charge in [0.2, 0.25) is 11.8 Å². The Bertz CT molecular complexity index is 1280. The van der Waals surface area contributed by atoms with Crippen molar-refractivity contribution >= 4 is 17.3 Å². The number of rotatable bonds is 5. The summed E-state index contributed by atoms with van der Waals surface area (Å²) in [5, 5.41) is 9.22. The van der Waals surface area contributed by atoms with Crippen molar-refractivity contribution in [3.05, 3.63) is 100 Å². The fourth-order valence-electron chi connectivity index (χ4n) is 4.52. The van der Waals surface area contributed by atoms with E-state index >= 15 is 0 Å². The molecule has 1 fully saturated rings. The number of benzene rings is 3. The van der Waals surface area contributed by atoms with Gasteiger partial charge in [0, 0.05) is 31.9 Å². The molecule has 0 saturated carbocycles. The summed E-state index contributed by atoms with van der Waals surface area (Å²) >= 11 is 6.34. The summed E-state index contributed by atoms with van der Waals surface area (Å²) < 4.78 is 19.8. The average molecular weight is 477 g/mol. The summed E-state index contributed by atoms with van der Waals surface area (Å²) in [6, 6.07) is 20.2. The highest BCUT2D eigenvalue weighted by molar-refractivity contribution is 6.33. The van der Waals surface area contributed by atoms with Crippen molar-refractivity contribution in [1.29, 1.82) is 0 Å². The Kier molecular flexibility index (Phi) is 6.35. The number of hydrogen-bond acceptors (Lipinski definition) is 5. The summed E-state index contributed by atoms with van der Waals surface area (Å²) in [5.74, 6) is 0.577. The molecular weight excluding hydrogens is 451 g/mol. The minimum Gasteiger partial charge on any atom is -0.419 e. The van der Waals surface area contributed by atoms with Crippen LogP contribution in [-0.2, 0) is 0 Å². The molecule has 2 heterocycles. The molecule has 1 aliphatic rings. The fourth-order valence-corrected chi connectivity index (χ4v) is 4.74. The Morgan fingerprint density at radius 2 is 1.65 bits per heavy atom. The number of nitrogens with zero attached hydrogens (tertiary/aromatic N) is 4. The quantitative estimate of drug-likeness (QED) is 0.350. The minimum absolute atomic E-state index is 0.273. The monoisotopic (exact) mass is 476 g/mol. The van der Waals surface area contributed by atoms with Crippen LogP contribution in [0, 0.1) is 19.7 Å². The van der Waals surface area contributed by atoms with Crippen LogP contribution in [0.2, 0.25) is 5.02 Å². The number of aryl methyl sites for hydroxylation is 2. The summed E-state index contributed by atoms with van der Waals surface area (Å²) in [4.78, 5) is 4.74. The number of aromatic nitrogens is 2. The smallest absolute Gasteiger partial charge is 0.249 e. The van der Waals surface area contributed by atoms with Crippen molar-refractivity contribution < 1.29 is 8.81 Å². The summed E-state index contributed by atoms with van der Waals surface area (Å²) in [6.07, 6.45) is 0. The van der Waals surface area contributed by atoms with Gasteiger partial charge in [-0.25, -0.2) is 4.39 Å².